The van der Waals surface area contributed by atoms with Crippen LogP contribution >= 0.6 is 11.6 Å². The van der Waals surface area contributed by atoms with Crippen LogP contribution in [0.5, 0.6) is 0 Å². The molecule has 4 aromatic rings. The van der Waals surface area contributed by atoms with Gasteiger partial charge in [0.25, 0.3) is 5.56 Å². The molecule has 1 aromatic carbocycles. The summed E-state index contributed by atoms with van der Waals surface area (Å²) in [6, 6.07) is 9.88. The molecule has 10 heteroatoms. The maximum atomic E-state index is 13.0. The first-order valence-corrected chi connectivity index (χ1v) is 10.4. The lowest BCUT2D eigenvalue weighted by Crippen LogP contribution is -2.42. The van der Waals surface area contributed by atoms with E-state index in [2.05, 4.69) is 25.5 Å². The number of amides is 2. The molecular formula is C21H22ClN7O2. The minimum absolute atomic E-state index is 0.157. The van der Waals surface area contributed by atoms with Crippen LogP contribution in [0, 0.1) is 0 Å². The number of H-pyrrole nitrogens is 1. The number of carbonyl (C=O) groups excluding carboxylic acids is 1. The maximum Gasteiger partial charge on any atom is 0.318 e. The average molecular weight is 440 g/mol. The molecule has 0 radical (unpaired) electrons. The summed E-state index contributed by atoms with van der Waals surface area (Å²) in [6.07, 6.45) is 2.60. The molecule has 0 spiro atoms. The third-order valence-corrected chi connectivity index (χ3v) is 5.14. The highest BCUT2D eigenvalue weighted by atomic mass is 35.5. The molecule has 31 heavy (non-hydrogen) atoms. The van der Waals surface area contributed by atoms with Crippen molar-refractivity contribution in [1.82, 2.24) is 34.8 Å². The van der Waals surface area contributed by atoms with Crippen LogP contribution in [0.25, 0.3) is 16.6 Å². The van der Waals surface area contributed by atoms with Crippen LogP contribution in [0.15, 0.2) is 47.4 Å². The van der Waals surface area contributed by atoms with Crippen LogP contribution in [0.1, 0.15) is 38.0 Å². The van der Waals surface area contributed by atoms with Crippen LogP contribution < -0.4 is 10.9 Å². The first-order chi connectivity index (χ1) is 15.0. The van der Waals surface area contributed by atoms with Gasteiger partial charge in [0.1, 0.15) is 5.82 Å². The number of aromatic nitrogens is 5. The Balaban J connectivity index is 1.55. The number of carbonyl (C=O) groups is 1. The normalized spacial score (nSPS) is 12.2. The summed E-state index contributed by atoms with van der Waals surface area (Å²) in [7, 11) is 0. The number of nitrogens with zero attached hydrogens (tertiary/aromatic N) is 5. The molecule has 0 bridgehead atoms. The Hall–Kier alpha value is -3.46. The molecule has 9 nitrogen and oxygen atoms in total. The molecule has 2 amide bonds. The number of rotatable bonds is 6. The summed E-state index contributed by atoms with van der Waals surface area (Å²) in [5.74, 6) is 1.02. The number of fused-ring (bicyclic) bond motifs is 2. The topological polar surface area (TPSA) is 108 Å². The Bertz CT molecular complexity index is 1300. The van der Waals surface area contributed by atoms with Crippen molar-refractivity contribution in [1.29, 1.82) is 0 Å². The van der Waals surface area contributed by atoms with Crippen molar-refractivity contribution in [3.05, 3.63) is 69.6 Å². The van der Waals surface area contributed by atoms with Gasteiger partial charge in [-0.25, -0.2) is 9.78 Å². The lowest BCUT2D eigenvalue weighted by Gasteiger charge is -2.24. The number of hydrogen-bond acceptors (Lipinski definition) is 5. The maximum absolute atomic E-state index is 13.0. The van der Waals surface area contributed by atoms with E-state index in [1.54, 1.807) is 23.1 Å². The van der Waals surface area contributed by atoms with Crippen molar-refractivity contribution in [2.24, 2.45) is 0 Å². The summed E-state index contributed by atoms with van der Waals surface area (Å²) in [5, 5.41) is 12.2. The van der Waals surface area contributed by atoms with Crippen molar-refractivity contribution in [3.8, 4) is 0 Å². The average Bonchev–Trinajstić information content (AvgIpc) is 3.17. The van der Waals surface area contributed by atoms with Gasteiger partial charge in [0.05, 0.1) is 23.5 Å². The van der Waals surface area contributed by atoms with Gasteiger partial charge in [-0.05, 0) is 43.7 Å². The fourth-order valence-corrected chi connectivity index (χ4v) is 3.60. The quantitative estimate of drug-likeness (QED) is 0.479. The molecule has 4 rings (SSSR count). The lowest BCUT2D eigenvalue weighted by molar-refractivity contribution is 0.190. The predicted molar refractivity (Wildman–Crippen MR) is 118 cm³/mol. The van der Waals surface area contributed by atoms with Crippen LogP contribution in [0.2, 0.25) is 5.02 Å². The molecule has 0 saturated heterocycles. The minimum Gasteiger partial charge on any atom is -0.328 e. The Labute approximate surface area is 183 Å². The van der Waals surface area contributed by atoms with E-state index in [9.17, 15) is 9.59 Å². The number of aromatic amines is 1. The first-order valence-electron chi connectivity index (χ1n) is 10.00. The highest BCUT2D eigenvalue weighted by Gasteiger charge is 2.20. The molecule has 0 saturated carbocycles. The zero-order valence-electron chi connectivity index (χ0n) is 17.2. The van der Waals surface area contributed by atoms with Gasteiger partial charge in [-0.3, -0.25) is 9.20 Å². The van der Waals surface area contributed by atoms with Crippen molar-refractivity contribution in [2.75, 3.05) is 6.54 Å². The molecule has 3 heterocycles. The molecule has 3 aromatic heterocycles. The third-order valence-electron chi connectivity index (χ3n) is 4.91. The van der Waals surface area contributed by atoms with Crippen LogP contribution in [0.3, 0.4) is 0 Å². The molecule has 0 fully saturated rings. The summed E-state index contributed by atoms with van der Waals surface area (Å²) >= 11 is 6.04. The summed E-state index contributed by atoms with van der Waals surface area (Å²) in [4.78, 5) is 34.2. The fraction of sp³-hybridized carbons (Fsp3) is 0.286. The summed E-state index contributed by atoms with van der Waals surface area (Å²) < 4.78 is 1.83. The van der Waals surface area contributed by atoms with Gasteiger partial charge in [-0.2, -0.15) is 0 Å². The van der Waals surface area contributed by atoms with Crippen LogP contribution in [-0.2, 0) is 6.54 Å². The van der Waals surface area contributed by atoms with Gasteiger partial charge in [0.2, 0.25) is 0 Å². The van der Waals surface area contributed by atoms with E-state index < -0.39 is 0 Å². The molecule has 0 aliphatic rings. The molecule has 2 N–H and O–H groups in total. The standard InChI is InChI=1S/C21H22ClN7O2/c1-3-9-28(12-17-24-16-11-14(22)7-8-15(16)20(30)25-17)21(31)23-13(2)19-27-26-18-6-4-5-10-29(18)19/h4-8,10-11,13H,3,9,12H2,1-2H3,(H,23,31)(H,24,25,30). The Morgan fingerprint density at radius 1 is 1.29 bits per heavy atom. The SMILES string of the molecule is CCCN(Cc1nc2cc(Cl)ccc2c(=O)[nH]1)C(=O)NC(C)c1nnc2ccccn12. The van der Waals surface area contributed by atoms with Crippen LogP contribution in [0.4, 0.5) is 4.79 Å². The second kappa shape index (κ2) is 8.73. The highest BCUT2D eigenvalue weighted by Crippen LogP contribution is 2.16. The largest absolute Gasteiger partial charge is 0.328 e. The van der Waals surface area contributed by atoms with E-state index in [4.69, 9.17) is 11.6 Å². The zero-order valence-corrected chi connectivity index (χ0v) is 17.9. The fourth-order valence-electron chi connectivity index (χ4n) is 3.44. The number of nitrogens with one attached hydrogen (secondary N) is 2. The van der Waals surface area contributed by atoms with Crippen molar-refractivity contribution >= 4 is 34.2 Å². The van der Waals surface area contributed by atoms with Crippen molar-refractivity contribution < 1.29 is 4.79 Å². The second-order valence-corrected chi connectivity index (χ2v) is 7.69. The summed E-state index contributed by atoms with van der Waals surface area (Å²) in [6.45, 7) is 4.48. The molecule has 0 aliphatic carbocycles. The molecule has 0 aliphatic heterocycles. The number of hydrogen-bond donors (Lipinski definition) is 2. The third kappa shape index (κ3) is 4.36. The smallest absolute Gasteiger partial charge is 0.318 e. The van der Waals surface area contributed by atoms with Gasteiger partial charge >= 0.3 is 6.03 Å². The summed E-state index contributed by atoms with van der Waals surface area (Å²) in [5.41, 5.74) is 0.934. The van der Waals surface area contributed by atoms with E-state index in [1.807, 2.05) is 42.6 Å². The van der Waals surface area contributed by atoms with Gasteiger partial charge in [0, 0.05) is 17.8 Å². The molecule has 1 atom stereocenters. The molecule has 160 valence electrons. The van der Waals surface area contributed by atoms with Gasteiger partial charge in [-0.1, -0.05) is 24.6 Å². The first kappa shape index (κ1) is 20.8. The zero-order chi connectivity index (χ0) is 22.0. The van der Waals surface area contributed by atoms with Gasteiger partial charge < -0.3 is 15.2 Å². The van der Waals surface area contributed by atoms with Crippen molar-refractivity contribution in [2.45, 2.75) is 32.9 Å². The minimum atomic E-state index is -0.369. The second-order valence-electron chi connectivity index (χ2n) is 7.25. The number of benzene rings is 1. The molecular weight excluding hydrogens is 418 g/mol. The van der Waals surface area contributed by atoms with E-state index in [0.717, 1.165) is 6.42 Å². The Morgan fingerprint density at radius 2 is 2.13 bits per heavy atom. The van der Waals surface area contributed by atoms with E-state index in [-0.39, 0.29) is 24.2 Å². The Morgan fingerprint density at radius 3 is 2.94 bits per heavy atom. The monoisotopic (exact) mass is 439 g/mol. The van der Waals surface area contributed by atoms with Gasteiger partial charge in [0.15, 0.2) is 11.5 Å². The molecule has 1 unspecified atom stereocenters. The van der Waals surface area contributed by atoms with E-state index in [0.29, 0.717) is 39.8 Å². The van der Waals surface area contributed by atoms with E-state index >= 15 is 0 Å². The lowest BCUT2D eigenvalue weighted by atomic mass is 10.2. The number of pyridine rings is 1. The van der Waals surface area contributed by atoms with Crippen molar-refractivity contribution in [3.63, 3.8) is 0 Å². The number of halogens is 1. The highest BCUT2D eigenvalue weighted by molar-refractivity contribution is 6.31. The van der Waals surface area contributed by atoms with Crippen LogP contribution in [-0.4, -0.2) is 42.0 Å². The van der Waals surface area contributed by atoms with E-state index in [1.165, 1.54) is 0 Å². The van der Waals surface area contributed by atoms with Gasteiger partial charge in [-0.15, -0.1) is 10.2 Å². The predicted octanol–water partition coefficient (Wildman–Crippen LogP) is 3.30. The Kier molecular flexibility index (Phi) is 5.85. The number of urea groups is 1.